The number of hydrogen-bond donors (Lipinski definition) is 4. The number of ether oxygens (including phenoxy) is 2. The Morgan fingerprint density at radius 3 is 2.17 bits per heavy atom. The Hall–Kier alpha value is -5.95. The van der Waals surface area contributed by atoms with Crippen LogP contribution in [0.4, 0.5) is 28.0 Å². The van der Waals surface area contributed by atoms with Crippen molar-refractivity contribution in [2.24, 2.45) is 0 Å². The van der Waals surface area contributed by atoms with E-state index in [2.05, 4.69) is 26.0 Å². The van der Waals surface area contributed by atoms with E-state index >= 15 is 0 Å². The standard InChI is InChI=1S/C39H47F4N7O9/c1-20-16-24(18-25(40)17-20)19-28(46-38(57)45-26-10-12-27(13-11-26)59-39(41,42)43)33(52)47-31-23(4)58-37(56)30-9-7-15-50(30)34(53)21(2)44-32(51)22(3)48(5)35(54)29-8-6-14-49(29)36(31)55/h10-13,16-18,21-23,28-31H,6-9,14-15,19H2,1-5H3,(H,44,51)(H,47,52)(H2,45,46,57)/t21-,22-,23-,28-,29-,30?,31-/m0/s1. The number of rotatable bonds is 7. The fourth-order valence-electron chi connectivity index (χ4n) is 7.39. The van der Waals surface area contributed by atoms with E-state index in [-0.39, 0.29) is 43.6 Å². The maximum absolute atomic E-state index is 14.5. The SMILES string of the molecule is Cc1cc(F)cc(C[C@H](NC(=O)Nc2ccc(OC(F)(F)F)cc2)C(=O)N[C@@H]2C(=O)N3CCC[C@H]3C(=O)N(C)[C@@H](C)C(=O)N[C@@H](C)C(=O)N3CCCC3C(=O)O[C@H]2C)c1. The third kappa shape index (κ3) is 11.0. The Morgan fingerprint density at radius 2 is 1.54 bits per heavy atom. The van der Waals surface area contributed by atoms with Gasteiger partial charge in [-0.2, -0.15) is 0 Å². The van der Waals surface area contributed by atoms with Crippen LogP contribution >= 0.6 is 0 Å². The number of anilines is 1. The van der Waals surface area contributed by atoms with Gasteiger partial charge in [-0.25, -0.2) is 14.0 Å². The molecule has 3 saturated heterocycles. The quantitative estimate of drug-likeness (QED) is 0.240. The number of fused-ring (bicyclic) bond motifs is 2. The van der Waals surface area contributed by atoms with Crippen LogP contribution in [0.3, 0.4) is 0 Å². The molecule has 0 radical (unpaired) electrons. The molecule has 7 amide bonds. The molecule has 3 aliphatic heterocycles. The summed E-state index contributed by atoms with van der Waals surface area (Å²) in [5.41, 5.74) is 0.779. The predicted octanol–water partition coefficient (Wildman–Crippen LogP) is 2.53. The molecule has 3 heterocycles. The lowest BCUT2D eigenvalue weighted by atomic mass is 10.0. The summed E-state index contributed by atoms with van der Waals surface area (Å²) in [7, 11) is 1.39. The Labute approximate surface area is 337 Å². The molecule has 0 spiro atoms. The van der Waals surface area contributed by atoms with E-state index in [4.69, 9.17) is 4.74 Å². The molecule has 20 heteroatoms. The van der Waals surface area contributed by atoms with E-state index in [1.165, 1.54) is 48.6 Å². The van der Waals surface area contributed by atoms with Gasteiger partial charge in [0.25, 0.3) is 0 Å². The highest BCUT2D eigenvalue weighted by Crippen LogP contribution is 2.26. The molecule has 59 heavy (non-hydrogen) atoms. The van der Waals surface area contributed by atoms with E-state index in [1.807, 2.05) is 0 Å². The lowest BCUT2D eigenvalue weighted by molar-refractivity contribution is -0.274. The molecule has 7 atom stereocenters. The Bertz CT molecular complexity index is 1930. The van der Waals surface area contributed by atoms with Crippen molar-refractivity contribution in [1.82, 2.24) is 30.7 Å². The summed E-state index contributed by atoms with van der Waals surface area (Å²) in [6, 6.07) is -0.363. The van der Waals surface area contributed by atoms with Crippen LogP contribution in [0, 0.1) is 12.7 Å². The van der Waals surface area contributed by atoms with Gasteiger partial charge in [0.1, 0.15) is 53.9 Å². The summed E-state index contributed by atoms with van der Waals surface area (Å²) < 4.78 is 62.1. The highest BCUT2D eigenvalue weighted by atomic mass is 19.4. The minimum atomic E-state index is -4.95. The molecule has 2 aromatic carbocycles. The van der Waals surface area contributed by atoms with Crippen LogP contribution in [0.15, 0.2) is 42.5 Å². The van der Waals surface area contributed by atoms with Gasteiger partial charge in [0.15, 0.2) is 0 Å². The summed E-state index contributed by atoms with van der Waals surface area (Å²) in [6.07, 6.45) is -5.44. The number of esters is 1. The molecule has 16 nitrogen and oxygen atoms in total. The topological polar surface area (TPSA) is 196 Å². The number of halogens is 4. The molecule has 0 saturated carbocycles. The molecule has 320 valence electrons. The minimum absolute atomic E-state index is 0.0152. The number of aryl methyl sites for hydroxylation is 1. The van der Waals surface area contributed by atoms with E-state index in [1.54, 1.807) is 13.0 Å². The fraction of sp³-hybridized carbons (Fsp3) is 0.513. The molecule has 0 bridgehead atoms. The lowest BCUT2D eigenvalue weighted by Gasteiger charge is -2.36. The summed E-state index contributed by atoms with van der Waals surface area (Å²) >= 11 is 0. The Morgan fingerprint density at radius 1 is 0.915 bits per heavy atom. The third-order valence-electron chi connectivity index (χ3n) is 10.5. The smallest absolute Gasteiger partial charge is 0.458 e. The summed E-state index contributed by atoms with van der Waals surface area (Å²) in [5, 5.41) is 10.1. The molecule has 2 aromatic rings. The van der Waals surface area contributed by atoms with Crippen molar-refractivity contribution < 1.29 is 60.6 Å². The van der Waals surface area contributed by atoms with Gasteiger partial charge in [0.2, 0.25) is 29.5 Å². The highest BCUT2D eigenvalue weighted by molar-refractivity contribution is 5.98. The Kier molecular flexibility index (Phi) is 13.7. The van der Waals surface area contributed by atoms with Crippen LogP contribution in [0.2, 0.25) is 0 Å². The molecule has 4 N–H and O–H groups in total. The van der Waals surface area contributed by atoms with Crippen molar-refractivity contribution in [3.05, 3.63) is 59.4 Å². The van der Waals surface area contributed by atoms with Crippen LogP contribution in [-0.2, 0) is 39.9 Å². The molecule has 5 rings (SSSR count). The number of carbonyl (C=O) groups excluding carboxylic acids is 7. The highest BCUT2D eigenvalue weighted by Gasteiger charge is 2.45. The average molecular weight is 834 g/mol. The number of benzene rings is 2. The number of hydrogen-bond acceptors (Lipinski definition) is 9. The van der Waals surface area contributed by atoms with Crippen molar-refractivity contribution in [2.75, 3.05) is 25.5 Å². The largest absolute Gasteiger partial charge is 0.573 e. The normalized spacial score (nSPS) is 25.1. The van der Waals surface area contributed by atoms with Crippen LogP contribution in [0.5, 0.6) is 5.75 Å². The van der Waals surface area contributed by atoms with Gasteiger partial charge in [0, 0.05) is 32.2 Å². The van der Waals surface area contributed by atoms with Crippen molar-refractivity contribution >= 4 is 47.2 Å². The van der Waals surface area contributed by atoms with Gasteiger partial charge in [-0.15, -0.1) is 13.2 Å². The number of cyclic esters (lactones) is 1. The van der Waals surface area contributed by atoms with Gasteiger partial charge in [0.05, 0.1) is 0 Å². The first-order valence-corrected chi connectivity index (χ1v) is 19.1. The number of nitrogens with zero attached hydrogens (tertiary/aromatic N) is 3. The Balaban J connectivity index is 1.46. The van der Waals surface area contributed by atoms with Crippen molar-refractivity contribution in [2.45, 2.75) is 109 Å². The monoisotopic (exact) mass is 833 g/mol. The van der Waals surface area contributed by atoms with Gasteiger partial charge in [-0.05, 0) is 101 Å². The number of alkyl halides is 3. The second-order valence-electron chi connectivity index (χ2n) is 14.9. The summed E-state index contributed by atoms with van der Waals surface area (Å²) in [6.45, 7) is 6.14. The third-order valence-corrected chi connectivity index (χ3v) is 10.5. The molecule has 3 fully saturated rings. The first kappa shape index (κ1) is 44.2. The molecule has 0 aliphatic carbocycles. The summed E-state index contributed by atoms with van der Waals surface area (Å²) in [4.78, 5) is 100. The fourth-order valence-corrected chi connectivity index (χ4v) is 7.39. The second-order valence-corrected chi connectivity index (χ2v) is 14.9. The van der Waals surface area contributed by atoms with Crippen molar-refractivity contribution in [3.63, 3.8) is 0 Å². The van der Waals surface area contributed by atoms with Gasteiger partial charge in [-0.3, -0.25) is 24.0 Å². The number of carbonyl (C=O) groups is 7. The zero-order valence-electron chi connectivity index (χ0n) is 33.1. The molecule has 0 aromatic heterocycles. The number of amides is 7. The van der Waals surface area contributed by atoms with Crippen molar-refractivity contribution in [1.29, 1.82) is 0 Å². The number of likely N-dealkylation sites (N-methyl/N-ethyl adjacent to an activating group) is 1. The van der Waals surface area contributed by atoms with Gasteiger partial charge >= 0.3 is 18.4 Å². The molecular formula is C39H47F4N7O9. The van der Waals surface area contributed by atoms with Gasteiger partial charge < -0.3 is 45.4 Å². The predicted molar refractivity (Wildman–Crippen MR) is 201 cm³/mol. The second kappa shape index (κ2) is 18.3. The van der Waals surface area contributed by atoms with E-state index in [0.29, 0.717) is 18.4 Å². The molecule has 1 unspecified atom stereocenters. The molecular weight excluding hydrogens is 786 g/mol. The van der Waals surface area contributed by atoms with E-state index < -0.39 is 102 Å². The zero-order valence-corrected chi connectivity index (χ0v) is 33.1. The molecule has 3 aliphatic rings. The first-order chi connectivity index (χ1) is 27.7. The lowest BCUT2D eigenvalue weighted by Crippen LogP contribution is -2.62. The van der Waals surface area contributed by atoms with Crippen LogP contribution in [0.25, 0.3) is 0 Å². The zero-order chi connectivity index (χ0) is 43.3. The summed E-state index contributed by atoms with van der Waals surface area (Å²) in [5.74, 6) is -5.64. The van der Waals surface area contributed by atoms with E-state index in [9.17, 15) is 51.1 Å². The van der Waals surface area contributed by atoms with Crippen LogP contribution in [-0.4, -0.2) is 125 Å². The minimum Gasteiger partial charge on any atom is -0.458 e. The van der Waals surface area contributed by atoms with Crippen LogP contribution < -0.4 is 26.0 Å². The average Bonchev–Trinajstić information content (AvgIpc) is 3.86. The maximum Gasteiger partial charge on any atom is 0.573 e. The number of urea groups is 1. The number of nitrogens with one attached hydrogen (secondary N) is 4. The van der Waals surface area contributed by atoms with Gasteiger partial charge in [-0.1, -0.05) is 6.07 Å². The van der Waals surface area contributed by atoms with E-state index in [0.717, 1.165) is 30.3 Å². The van der Waals surface area contributed by atoms with Crippen LogP contribution in [0.1, 0.15) is 57.6 Å². The first-order valence-electron chi connectivity index (χ1n) is 19.1. The van der Waals surface area contributed by atoms with Crippen molar-refractivity contribution in [3.8, 4) is 5.75 Å². The maximum atomic E-state index is 14.5.